The fourth-order valence-corrected chi connectivity index (χ4v) is 1.46. The standard InChI is InChI=1S/C12H15N5/c1-13-11-8-15-9-12(17-11)16-7-4-10-2-5-14-6-3-10/h2-3,5-6,8-9H,4,7H2,1H3,(H2,13,16,17). The Kier molecular flexibility index (Phi) is 3.85. The molecule has 0 aliphatic rings. The van der Waals surface area contributed by atoms with Crippen LogP contribution in [0.25, 0.3) is 0 Å². The number of hydrogen-bond acceptors (Lipinski definition) is 5. The van der Waals surface area contributed by atoms with Crippen molar-refractivity contribution in [1.82, 2.24) is 15.0 Å². The van der Waals surface area contributed by atoms with Gasteiger partial charge in [0.2, 0.25) is 0 Å². The van der Waals surface area contributed by atoms with Crippen molar-refractivity contribution in [3.8, 4) is 0 Å². The molecule has 0 bridgehead atoms. The number of rotatable bonds is 5. The summed E-state index contributed by atoms with van der Waals surface area (Å²) in [6, 6.07) is 4.02. The molecule has 2 N–H and O–H groups in total. The molecular weight excluding hydrogens is 214 g/mol. The molecular formula is C12H15N5. The number of aromatic nitrogens is 3. The molecule has 0 spiro atoms. The minimum absolute atomic E-state index is 0.763. The topological polar surface area (TPSA) is 62.7 Å². The third kappa shape index (κ3) is 3.41. The molecule has 0 atom stereocenters. The van der Waals surface area contributed by atoms with E-state index in [-0.39, 0.29) is 0 Å². The lowest BCUT2D eigenvalue weighted by Gasteiger charge is -2.06. The lowest BCUT2D eigenvalue weighted by atomic mass is 10.2. The molecule has 0 aliphatic heterocycles. The van der Waals surface area contributed by atoms with Crippen molar-refractivity contribution in [3.63, 3.8) is 0 Å². The van der Waals surface area contributed by atoms with Gasteiger partial charge in [-0.05, 0) is 24.1 Å². The van der Waals surface area contributed by atoms with Crippen molar-refractivity contribution in [2.24, 2.45) is 0 Å². The number of nitrogens with one attached hydrogen (secondary N) is 2. The van der Waals surface area contributed by atoms with E-state index in [0.29, 0.717) is 0 Å². The number of anilines is 2. The van der Waals surface area contributed by atoms with Crippen LogP contribution in [0.4, 0.5) is 11.6 Å². The average molecular weight is 229 g/mol. The van der Waals surface area contributed by atoms with Gasteiger partial charge in [0.25, 0.3) is 0 Å². The molecule has 0 unspecified atom stereocenters. The molecule has 2 aromatic rings. The first kappa shape index (κ1) is 11.3. The Bertz CT molecular complexity index is 457. The minimum atomic E-state index is 0.763. The van der Waals surface area contributed by atoms with Crippen LogP contribution >= 0.6 is 0 Å². The van der Waals surface area contributed by atoms with Crippen LogP contribution in [0.15, 0.2) is 36.9 Å². The zero-order chi connectivity index (χ0) is 11.9. The summed E-state index contributed by atoms with van der Waals surface area (Å²) in [5.74, 6) is 1.55. The Hall–Kier alpha value is -2.17. The van der Waals surface area contributed by atoms with E-state index in [1.165, 1.54) is 5.56 Å². The number of pyridine rings is 1. The van der Waals surface area contributed by atoms with Gasteiger partial charge in [0.1, 0.15) is 11.6 Å². The van der Waals surface area contributed by atoms with E-state index in [1.54, 1.807) is 24.8 Å². The van der Waals surface area contributed by atoms with Gasteiger partial charge in [0.15, 0.2) is 0 Å². The first-order valence-electron chi connectivity index (χ1n) is 5.51. The zero-order valence-corrected chi connectivity index (χ0v) is 9.72. The van der Waals surface area contributed by atoms with Gasteiger partial charge >= 0.3 is 0 Å². The van der Waals surface area contributed by atoms with Crippen LogP contribution in [-0.2, 0) is 6.42 Å². The Morgan fingerprint density at radius 2 is 1.82 bits per heavy atom. The SMILES string of the molecule is CNc1cncc(NCCc2ccncc2)n1. The highest BCUT2D eigenvalue weighted by Gasteiger charge is 1.96. The highest BCUT2D eigenvalue weighted by atomic mass is 15.1. The van der Waals surface area contributed by atoms with E-state index >= 15 is 0 Å². The fourth-order valence-electron chi connectivity index (χ4n) is 1.46. The van der Waals surface area contributed by atoms with Crippen LogP contribution in [0.5, 0.6) is 0 Å². The molecule has 0 aliphatic carbocycles. The van der Waals surface area contributed by atoms with Gasteiger partial charge in [0.05, 0.1) is 12.4 Å². The first-order valence-corrected chi connectivity index (χ1v) is 5.51. The second-order valence-corrected chi connectivity index (χ2v) is 3.57. The summed E-state index contributed by atoms with van der Waals surface area (Å²) >= 11 is 0. The van der Waals surface area contributed by atoms with E-state index in [0.717, 1.165) is 24.6 Å². The maximum absolute atomic E-state index is 4.33. The fraction of sp³-hybridized carbons (Fsp3) is 0.250. The van der Waals surface area contributed by atoms with Crippen molar-refractivity contribution in [3.05, 3.63) is 42.5 Å². The van der Waals surface area contributed by atoms with Crippen LogP contribution in [-0.4, -0.2) is 28.5 Å². The van der Waals surface area contributed by atoms with Gasteiger partial charge in [-0.25, -0.2) is 4.98 Å². The Labute approximate surface area is 100 Å². The maximum Gasteiger partial charge on any atom is 0.146 e. The lowest BCUT2D eigenvalue weighted by Crippen LogP contribution is -2.07. The minimum Gasteiger partial charge on any atom is -0.372 e. The molecule has 2 rings (SSSR count). The molecule has 0 saturated heterocycles. The van der Waals surface area contributed by atoms with Gasteiger partial charge in [0, 0.05) is 26.0 Å². The smallest absolute Gasteiger partial charge is 0.146 e. The largest absolute Gasteiger partial charge is 0.372 e. The number of nitrogens with zero attached hydrogens (tertiary/aromatic N) is 3. The molecule has 0 saturated carbocycles. The van der Waals surface area contributed by atoms with E-state index < -0.39 is 0 Å². The van der Waals surface area contributed by atoms with Crippen molar-refractivity contribution in [2.45, 2.75) is 6.42 Å². The summed E-state index contributed by atoms with van der Waals surface area (Å²) < 4.78 is 0. The maximum atomic E-state index is 4.33. The van der Waals surface area contributed by atoms with Gasteiger partial charge in [-0.3, -0.25) is 9.97 Å². The second-order valence-electron chi connectivity index (χ2n) is 3.57. The van der Waals surface area contributed by atoms with Gasteiger partial charge in [-0.2, -0.15) is 0 Å². The molecule has 0 fully saturated rings. The average Bonchev–Trinajstić information content (AvgIpc) is 2.40. The summed E-state index contributed by atoms with van der Waals surface area (Å²) in [7, 11) is 1.82. The van der Waals surface area contributed by atoms with Crippen molar-refractivity contribution in [2.75, 3.05) is 24.2 Å². The first-order chi connectivity index (χ1) is 8.38. The zero-order valence-electron chi connectivity index (χ0n) is 9.72. The summed E-state index contributed by atoms with van der Waals surface area (Å²) in [4.78, 5) is 12.4. The molecule has 88 valence electrons. The molecule has 0 aromatic carbocycles. The quantitative estimate of drug-likeness (QED) is 0.814. The van der Waals surface area contributed by atoms with Crippen molar-refractivity contribution in [1.29, 1.82) is 0 Å². The van der Waals surface area contributed by atoms with Gasteiger partial charge in [-0.15, -0.1) is 0 Å². The van der Waals surface area contributed by atoms with Crippen molar-refractivity contribution < 1.29 is 0 Å². The third-order valence-corrected chi connectivity index (χ3v) is 2.36. The number of hydrogen-bond donors (Lipinski definition) is 2. The van der Waals surface area contributed by atoms with Crippen LogP contribution in [0.2, 0.25) is 0 Å². The molecule has 17 heavy (non-hydrogen) atoms. The van der Waals surface area contributed by atoms with Gasteiger partial charge < -0.3 is 10.6 Å². The van der Waals surface area contributed by atoms with E-state index in [2.05, 4.69) is 25.6 Å². The summed E-state index contributed by atoms with van der Waals surface area (Å²) in [5.41, 5.74) is 1.25. The Morgan fingerprint density at radius 3 is 2.59 bits per heavy atom. The van der Waals surface area contributed by atoms with E-state index in [9.17, 15) is 0 Å². The molecule has 5 heteroatoms. The second kappa shape index (κ2) is 5.79. The summed E-state index contributed by atoms with van der Waals surface area (Å²) in [6.07, 6.45) is 7.95. The monoisotopic (exact) mass is 229 g/mol. The van der Waals surface area contributed by atoms with Gasteiger partial charge in [-0.1, -0.05) is 0 Å². The van der Waals surface area contributed by atoms with Crippen LogP contribution < -0.4 is 10.6 Å². The molecule has 0 amide bonds. The van der Waals surface area contributed by atoms with E-state index in [1.807, 2.05) is 19.2 Å². The lowest BCUT2D eigenvalue weighted by molar-refractivity contribution is 0.994. The van der Waals surface area contributed by atoms with E-state index in [4.69, 9.17) is 0 Å². The Balaban J connectivity index is 1.86. The predicted molar refractivity (Wildman–Crippen MR) is 68.0 cm³/mol. The van der Waals surface area contributed by atoms with Crippen LogP contribution in [0, 0.1) is 0 Å². The normalized spacial score (nSPS) is 9.94. The highest BCUT2D eigenvalue weighted by molar-refractivity contribution is 5.41. The van der Waals surface area contributed by atoms with Crippen LogP contribution in [0.1, 0.15) is 5.56 Å². The molecule has 5 nitrogen and oxygen atoms in total. The molecule has 2 aromatic heterocycles. The Morgan fingerprint density at radius 1 is 1.06 bits per heavy atom. The third-order valence-electron chi connectivity index (χ3n) is 2.36. The summed E-state index contributed by atoms with van der Waals surface area (Å²) in [6.45, 7) is 0.825. The molecule has 0 radical (unpaired) electrons. The van der Waals surface area contributed by atoms with Crippen molar-refractivity contribution >= 4 is 11.6 Å². The van der Waals surface area contributed by atoms with Crippen LogP contribution in [0.3, 0.4) is 0 Å². The summed E-state index contributed by atoms with van der Waals surface area (Å²) in [5, 5.41) is 6.19. The molecule has 2 heterocycles. The predicted octanol–water partition coefficient (Wildman–Crippen LogP) is 1.57. The highest BCUT2D eigenvalue weighted by Crippen LogP contribution is 2.06.